The van der Waals surface area contributed by atoms with Crippen molar-refractivity contribution in [3.05, 3.63) is 60.8 Å². The molecule has 0 spiro atoms. The molecule has 0 aliphatic rings. The quantitative estimate of drug-likeness (QED) is 0.0198. The molecule has 0 radical (unpaired) electrons. The van der Waals surface area contributed by atoms with E-state index in [2.05, 4.69) is 74.6 Å². The SMILES string of the molecule is CCCCC/C=C\C/C=C\C/C=C\C/C=C\CCCCCC(=O)O[C@H](COC(=O)CCCCCCC/C=C\CCCCCC)COP(=O)([O-])OCC[N+](C)(C)C. The predicted molar refractivity (Wildman–Crippen MR) is 231 cm³/mol. The number of esters is 2. The van der Waals surface area contributed by atoms with Crippen LogP contribution in [-0.4, -0.2) is 70.0 Å². The lowest BCUT2D eigenvalue weighted by molar-refractivity contribution is -0.870. The number of carbonyl (C=O) groups excluding carboxylic acids is 2. The van der Waals surface area contributed by atoms with Gasteiger partial charge in [0.25, 0.3) is 7.82 Å². The Hall–Kier alpha value is -2.29. The largest absolute Gasteiger partial charge is 0.756 e. The van der Waals surface area contributed by atoms with Gasteiger partial charge in [-0.1, -0.05) is 132 Å². The van der Waals surface area contributed by atoms with E-state index in [9.17, 15) is 19.0 Å². The van der Waals surface area contributed by atoms with Crippen molar-refractivity contribution in [2.24, 2.45) is 0 Å². The average molecular weight is 808 g/mol. The summed E-state index contributed by atoms with van der Waals surface area (Å²) in [6, 6.07) is 0. The number of quaternary nitrogens is 1. The Balaban J connectivity index is 4.45. The number of rotatable bonds is 39. The van der Waals surface area contributed by atoms with Crippen LogP contribution in [0.1, 0.15) is 168 Å². The number of carbonyl (C=O) groups is 2. The molecule has 2 atom stereocenters. The molecule has 0 aromatic heterocycles. The maximum absolute atomic E-state index is 12.7. The van der Waals surface area contributed by atoms with Gasteiger partial charge in [0.1, 0.15) is 19.8 Å². The van der Waals surface area contributed by atoms with Crippen LogP contribution >= 0.6 is 7.82 Å². The maximum atomic E-state index is 12.7. The summed E-state index contributed by atoms with van der Waals surface area (Å²) < 4.78 is 33.8. The summed E-state index contributed by atoms with van der Waals surface area (Å²) in [5, 5.41) is 0. The minimum atomic E-state index is -4.64. The van der Waals surface area contributed by atoms with Crippen molar-refractivity contribution in [3.63, 3.8) is 0 Å². The molecule has 1 unspecified atom stereocenters. The van der Waals surface area contributed by atoms with Crippen molar-refractivity contribution < 1.29 is 42.1 Å². The number of allylic oxidation sites excluding steroid dienone is 10. The highest BCUT2D eigenvalue weighted by molar-refractivity contribution is 7.45. The Morgan fingerprint density at radius 1 is 0.554 bits per heavy atom. The molecule has 0 aliphatic carbocycles. The smallest absolute Gasteiger partial charge is 0.306 e. The van der Waals surface area contributed by atoms with Crippen molar-refractivity contribution in [2.45, 2.75) is 174 Å². The highest BCUT2D eigenvalue weighted by Crippen LogP contribution is 2.38. The standard InChI is InChI=1S/C46H82NO8P/c1-6-8-10-12-14-16-18-20-21-22-23-24-25-27-29-31-33-35-37-39-46(49)55-44(43-54-56(50,51)53-41-40-47(3,4)5)42-52-45(48)38-36-34-32-30-28-26-19-17-15-13-11-9-7-2/h14,16-17,19-21,23-24,27,29,44H,6-13,15,18,22,25-26,28,30-43H2,1-5H3/b16-14-,19-17-,21-20-,24-23-,29-27-/t44-/m1/s1. The Morgan fingerprint density at radius 2 is 0.964 bits per heavy atom. The summed E-state index contributed by atoms with van der Waals surface area (Å²) in [7, 11) is 1.13. The van der Waals surface area contributed by atoms with E-state index in [-0.39, 0.29) is 26.1 Å². The van der Waals surface area contributed by atoms with Gasteiger partial charge in [-0.3, -0.25) is 14.2 Å². The zero-order valence-corrected chi connectivity index (χ0v) is 37.2. The Labute approximate surface area is 343 Å². The van der Waals surface area contributed by atoms with Crippen LogP contribution in [0.2, 0.25) is 0 Å². The third-order valence-corrected chi connectivity index (χ3v) is 9.97. The first-order valence-electron chi connectivity index (χ1n) is 22.0. The first kappa shape index (κ1) is 53.7. The van der Waals surface area contributed by atoms with E-state index in [1.165, 1.54) is 57.8 Å². The highest BCUT2D eigenvalue weighted by atomic mass is 31.2. The Bertz CT molecular complexity index is 1140. The number of unbranched alkanes of at least 4 members (excludes halogenated alkanes) is 15. The van der Waals surface area contributed by atoms with Gasteiger partial charge < -0.3 is 27.9 Å². The van der Waals surface area contributed by atoms with Crippen molar-refractivity contribution in [2.75, 3.05) is 47.5 Å². The number of hydrogen-bond donors (Lipinski definition) is 0. The fourth-order valence-electron chi connectivity index (χ4n) is 5.51. The molecule has 0 aliphatic heterocycles. The average Bonchev–Trinajstić information content (AvgIpc) is 3.15. The van der Waals surface area contributed by atoms with Crippen LogP contribution < -0.4 is 4.89 Å². The highest BCUT2D eigenvalue weighted by Gasteiger charge is 2.21. The molecule has 56 heavy (non-hydrogen) atoms. The third-order valence-electron chi connectivity index (χ3n) is 9.01. The first-order chi connectivity index (χ1) is 27.0. The van der Waals surface area contributed by atoms with Gasteiger partial charge in [-0.2, -0.15) is 0 Å². The van der Waals surface area contributed by atoms with Crippen LogP contribution in [0.15, 0.2) is 60.8 Å². The fraction of sp³-hybridized carbons (Fsp3) is 0.739. The van der Waals surface area contributed by atoms with Crippen molar-refractivity contribution in [3.8, 4) is 0 Å². The number of hydrogen-bond acceptors (Lipinski definition) is 8. The van der Waals surface area contributed by atoms with E-state index in [1.54, 1.807) is 0 Å². The number of phosphoric acid groups is 1. The van der Waals surface area contributed by atoms with E-state index in [1.807, 2.05) is 21.1 Å². The lowest BCUT2D eigenvalue weighted by Gasteiger charge is -2.28. The summed E-state index contributed by atoms with van der Waals surface area (Å²) >= 11 is 0. The summed E-state index contributed by atoms with van der Waals surface area (Å²) in [6.07, 6.45) is 45.3. The van der Waals surface area contributed by atoms with Crippen molar-refractivity contribution in [1.29, 1.82) is 0 Å². The van der Waals surface area contributed by atoms with Crippen LogP contribution in [0.3, 0.4) is 0 Å². The Kier molecular flexibility index (Phi) is 36.7. The maximum Gasteiger partial charge on any atom is 0.306 e. The van der Waals surface area contributed by atoms with Crippen LogP contribution in [-0.2, 0) is 32.7 Å². The molecule has 0 saturated carbocycles. The fourth-order valence-corrected chi connectivity index (χ4v) is 6.24. The topological polar surface area (TPSA) is 111 Å². The lowest BCUT2D eigenvalue weighted by atomic mass is 10.1. The molecule has 0 saturated heterocycles. The van der Waals surface area contributed by atoms with Gasteiger partial charge in [-0.05, 0) is 83.5 Å². The van der Waals surface area contributed by atoms with Gasteiger partial charge >= 0.3 is 11.9 Å². The molecule has 0 rings (SSSR count). The van der Waals surface area contributed by atoms with E-state index < -0.39 is 32.5 Å². The molecule has 0 aromatic carbocycles. The van der Waals surface area contributed by atoms with E-state index in [0.29, 0.717) is 23.9 Å². The molecular formula is C46H82NO8P. The molecular weight excluding hydrogens is 725 g/mol. The zero-order valence-electron chi connectivity index (χ0n) is 36.3. The van der Waals surface area contributed by atoms with E-state index in [4.69, 9.17) is 18.5 Å². The third kappa shape index (κ3) is 41.3. The van der Waals surface area contributed by atoms with Gasteiger partial charge in [0.15, 0.2) is 6.10 Å². The van der Waals surface area contributed by atoms with Crippen molar-refractivity contribution in [1.82, 2.24) is 0 Å². The molecule has 0 N–H and O–H groups in total. The molecule has 0 heterocycles. The molecule has 0 fully saturated rings. The summed E-state index contributed by atoms with van der Waals surface area (Å²) in [5.41, 5.74) is 0. The number of likely N-dealkylation sites (N-methyl/N-ethyl adjacent to an activating group) is 1. The molecule has 0 aromatic rings. The second-order valence-corrected chi connectivity index (χ2v) is 17.1. The zero-order chi connectivity index (χ0) is 41.4. The Morgan fingerprint density at radius 3 is 1.50 bits per heavy atom. The lowest BCUT2D eigenvalue weighted by Crippen LogP contribution is -2.37. The normalized spacial score (nSPS) is 14.2. The summed E-state index contributed by atoms with van der Waals surface area (Å²) in [6.45, 7) is 4.12. The van der Waals surface area contributed by atoms with Gasteiger partial charge in [0.2, 0.25) is 0 Å². The van der Waals surface area contributed by atoms with Crippen molar-refractivity contribution >= 4 is 19.8 Å². The summed E-state index contributed by atoms with van der Waals surface area (Å²) in [4.78, 5) is 37.5. The first-order valence-corrected chi connectivity index (χ1v) is 23.5. The molecule has 0 amide bonds. The van der Waals surface area contributed by atoms with Crippen LogP contribution in [0, 0.1) is 0 Å². The van der Waals surface area contributed by atoms with Gasteiger partial charge in [-0.15, -0.1) is 0 Å². The number of phosphoric ester groups is 1. The van der Waals surface area contributed by atoms with Gasteiger partial charge in [0.05, 0.1) is 27.7 Å². The van der Waals surface area contributed by atoms with Gasteiger partial charge in [0, 0.05) is 12.8 Å². The van der Waals surface area contributed by atoms with Crippen LogP contribution in [0.5, 0.6) is 0 Å². The van der Waals surface area contributed by atoms with Crippen LogP contribution in [0.25, 0.3) is 0 Å². The summed E-state index contributed by atoms with van der Waals surface area (Å²) in [5.74, 6) is -0.885. The predicted octanol–water partition coefficient (Wildman–Crippen LogP) is 11.8. The van der Waals surface area contributed by atoms with Crippen LogP contribution in [0.4, 0.5) is 0 Å². The molecule has 10 heteroatoms. The molecule has 0 bridgehead atoms. The van der Waals surface area contributed by atoms with E-state index >= 15 is 0 Å². The molecule has 324 valence electrons. The number of nitrogens with zero attached hydrogens (tertiary/aromatic N) is 1. The molecule has 9 nitrogen and oxygen atoms in total. The second kappa shape index (κ2) is 38.2. The van der Waals surface area contributed by atoms with Gasteiger partial charge in [-0.25, -0.2) is 0 Å². The minimum Gasteiger partial charge on any atom is -0.756 e. The second-order valence-electron chi connectivity index (χ2n) is 15.7. The monoisotopic (exact) mass is 808 g/mol. The number of ether oxygens (including phenoxy) is 2. The van der Waals surface area contributed by atoms with E-state index in [0.717, 1.165) is 70.6 Å². The minimum absolute atomic E-state index is 0.0411.